The maximum Gasteiger partial charge on any atom is 0.262 e. The highest BCUT2D eigenvalue weighted by molar-refractivity contribution is 5.75. The molecule has 0 radical (unpaired) electrons. The topological polar surface area (TPSA) is 90.5 Å². The van der Waals surface area contributed by atoms with Crippen LogP contribution >= 0.6 is 0 Å². The molecule has 1 N–H and O–H groups in total. The van der Waals surface area contributed by atoms with E-state index in [2.05, 4.69) is 15.1 Å². The lowest BCUT2D eigenvalue weighted by Gasteiger charge is -2.09. The van der Waals surface area contributed by atoms with E-state index in [0.29, 0.717) is 28.5 Å². The van der Waals surface area contributed by atoms with Gasteiger partial charge in [0.05, 0.1) is 6.20 Å². The number of aromatic amines is 1. The maximum atomic E-state index is 12.4. The van der Waals surface area contributed by atoms with E-state index in [1.807, 2.05) is 6.92 Å². The van der Waals surface area contributed by atoms with Gasteiger partial charge in [-0.25, -0.2) is 9.67 Å². The van der Waals surface area contributed by atoms with Crippen LogP contribution in [0.3, 0.4) is 0 Å². The zero-order valence-corrected chi connectivity index (χ0v) is 13.5. The minimum absolute atomic E-state index is 0.178. The number of nitrogens with one attached hydrogen (secondary N) is 1. The fourth-order valence-corrected chi connectivity index (χ4v) is 3.48. The molecule has 0 amide bonds. The zero-order chi connectivity index (χ0) is 16.7. The Morgan fingerprint density at radius 2 is 2.21 bits per heavy atom. The highest BCUT2D eigenvalue weighted by Crippen LogP contribution is 2.27. The van der Waals surface area contributed by atoms with Crippen LogP contribution in [0.15, 0.2) is 29.5 Å². The van der Waals surface area contributed by atoms with Crippen molar-refractivity contribution < 1.29 is 4.73 Å². The molecule has 1 fully saturated rings. The Hall–Kier alpha value is -2.70. The Bertz CT molecular complexity index is 953. The lowest BCUT2D eigenvalue weighted by atomic mass is 10.0. The summed E-state index contributed by atoms with van der Waals surface area (Å²) >= 11 is 0. The molecule has 3 aromatic rings. The highest BCUT2D eigenvalue weighted by Gasteiger charge is 2.19. The van der Waals surface area contributed by atoms with Gasteiger partial charge in [-0.2, -0.15) is 9.83 Å². The van der Waals surface area contributed by atoms with Crippen molar-refractivity contribution in [2.45, 2.75) is 39.0 Å². The van der Waals surface area contributed by atoms with Crippen LogP contribution in [-0.2, 0) is 6.42 Å². The van der Waals surface area contributed by atoms with Crippen LogP contribution in [0, 0.1) is 18.0 Å². The van der Waals surface area contributed by atoms with Gasteiger partial charge in [-0.1, -0.05) is 25.7 Å². The SMILES string of the molecule is Cc1cc[n+]([O-])cc1-n1ncc2c(=O)[nH]c(CC3CCCC3)nc21. The Morgan fingerprint density at radius 3 is 3.00 bits per heavy atom. The van der Waals surface area contributed by atoms with Crippen LogP contribution in [0.4, 0.5) is 0 Å². The summed E-state index contributed by atoms with van der Waals surface area (Å²) in [4.78, 5) is 19.9. The van der Waals surface area contributed by atoms with Crippen molar-refractivity contribution in [3.63, 3.8) is 0 Å². The Labute approximate surface area is 138 Å². The number of hydrogen-bond acceptors (Lipinski definition) is 4. The maximum absolute atomic E-state index is 12.4. The Morgan fingerprint density at radius 1 is 1.42 bits per heavy atom. The van der Waals surface area contributed by atoms with Gasteiger partial charge in [0.2, 0.25) is 6.20 Å². The molecule has 7 heteroatoms. The molecular formula is C17H19N5O2. The van der Waals surface area contributed by atoms with Gasteiger partial charge in [0.25, 0.3) is 5.56 Å². The molecule has 7 nitrogen and oxygen atoms in total. The normalized spacial score (nSPS) is 15.4. The minimum atomic E-state index is -0.178. The first-order valence-corrected chi connectivity index (χ1v) is 8.28. The monoisotopic (exact) mass is 325 g/mol. The molecule has 24 heavy (non-hydrogen) atoms. The van der Waals surface area contributed by atoms with Crippen molar-refractivity contribution in [1.29, 1.82) is 0 Å². The van der Waals surface area contributed by atoms with E-state index in [1.165, 1.54) is 44.3 Å². The van der Waals surface area contributed by atoms with Crippen molar-refractivity contribution in [3.8, 4) is 5.69 Å². The molecule has 3 heterocycles. The summed E-state index contributed by atoms with van der Waals surface area (Å²) in [6.07, 6.45) is 10.1. The highest BCUT2D eigenvalue weighted by atomic mass is 16.5. The van der Waals surface area contributed by atoms with Crippen molar-refractivity contribution >= 4 is 11.0 Å². The number of hydrogen-bond donors (Lipinski definition) is 1. The molecule has 124 valence electrons. The standard InChI is InChI=1S/C17H19N5O2/c1-11-6-7-21(24)10-14(11)22-16-13(9-18-22)17(23)20-15(19-16)8-12-4-2-3-5-12/h6-7,9-10,12H,2-5,8H2,1H3,(H,19,20,23). The molecule has 0 aromatic carbocycles. The van der Waals surface area contributed by atoms with Crippen LogP contribution in [0.1, 0.15) is 37.1 Å². The average Bonchev–Trinajstić information content (AvgIpc) is 3.19. The first-order chi connectivity index (χ1) is 11.6. The molecule has 0 saturated heterocycles. The van der Waals surface area contributed by atoms with Crippen molar-refractivity contribution in [2.75, 3.05) is 0 Å². The third kappa shape index (κ3) is 2.55. The summed E-state index contributed by atoms with van der Waals surface area (Å²) in [7, 11) is 0. The zero-order valence-electron chi connectivity index (χ0n) is 13.5. The predicted octanol–water partition coefficient (Wildman–Crippen LogP) is 1.78. The molecule has 0 atom stereocenters. The molecule has 1 aliphatic carbocycles. The molecule has 1 saturated carbocycles. The van der Waals surface area contributed by atoms with Crippen LogP contribution < -0.4 is 10.3 Å². The second-order valence-electron chi connectivity index (χ2n) is 6.53. The van der Waals surface area contributed by atoms with Gasteiger partial charge < -0.3 is 10.2 Å². The predicted molar refractivity (Wildman–Crippen MR) is 88.8 cm³/mol. The molecule has 0 aliphatic heterocycles. The summed E-state index contributed by atoms with van der Waals surface area (Å²) in [5.74, 6) is 1.29. The number of H-pyrrole nitrogens is 1. The van der Waals surface area contributed by atoms with Crippen molar-refractivity contribution in [1.82, 2.24) is 19.7 Å². The van der Waals surface area contributed by atoms with Gasteiger partial charge in [-0.15, -0.1) is 0 Å². The average molecular weight is 325 g/mol. The fraction of sp³-hybridized carbons (Fsp3) is 0.412. The fourth-order valence-electron chi connectivity index (χ4n) is 3.48. The minimum Gasteiger partial charge on any atom is -0.619 e. The van der Waals surface area contributed by atoms with Crippen LogP contribution in [0.25, 0.3) is 16.7 Å². The first kappa shape index (κ1) is 14.9. The Kier molecular flexibility index (Phi) is 3.55. The first-order valence-electron chi connectivity index (χ1n) is 8.28. The summed E-state index contributed by atoms with van der Waals surface area (Å²) in [5.41, 5.74) is 1.85. The van der Waals surface area contributed by atoms with E-state index in [4.69, 9.17) is 0 Å². The van der Waals surface area contributed by atoms with E-state index >= 15 is 0 Å². The summed E-state index contributed by atoms with van der Waals surface area (Å²) in [5, 5.41) is 16.3. The third-order valence-electron chi connectivity index (χ3n) is 4.80. The van der Waals surface area contributed by atoms with Crippen molar-refractivity contribution in [3.05, 3.63) is 51.6 Å². The van der Waals surface area contributed by atoms with Crippen LogP contribution in [0.2, 0.25) is 0 Å². The quantitative estimate of drug-likeness (QED) is 0.587. The van der Waals surface area contributed by atoms with Crippen molar-refractivity contribution in [2.24, 2.45) is 5.92 Å². The second kappa shape index (κ2) is 5.74. The van der Waals surface area contributed by atoms with Gasteiger partial charge >= 0.3 is 0 Å². The smallest absolute Gasteiger partial charge is 0.262 e. The van der Waals surface area contributed by atoms with Crippen LogP contribution in [0.5, 0.6) is 0 Å². The molecule has 0 bridgehead atoms. The van der Waals surface area contributed by atoms with E-state index < -0.39 is 0 Å². The number of aryl methyl sites for hydroxylation is 1. The van der Waals surface area contributed by atoms with E-state index in [9.17, 15) is 10.0 Å². The second-order valence-corrected chi connectivity index (χ2v) is 6.53. The van der Waals surface area contributed by atoms with Gasteiger partial charge in [0.15, 0.2) is 11.8 Å². The number of fused-ring (bicyclic) bond motifs is 1. The number of rotatable bonds is 3. The summed E-state index contributed by atoms with van der Waals surface area (Å²) in [6, 6.07) is 1.72. The third-order valence-corrected chi connectivity index (χ3v) is 4.80. The molecule has 0 spiro atoms. The molecule has 1 aliphatic rings. The van der Waals surface area contributed by atoms with Crippen LogP contribution in [-0.4, -0.2) is 19.7 Å². The van der Waals surface area contributed by atoms with Gasteiger partial charge in [0, 0.05) is 12.5 Å². The van der Waals surface area contributed by atoms with E-state index in [1.54, 1.807) is 10.7 Å². The lowest BCUT2D eigenvalue weighted by molar-refractivity contribution is -0.605. The summed E-state index contributed by atoms with van der Waals surface area (Å²) < 4.78 is 2.30. The van der Waals surface area contributed by atoms with Gasteiger partial charge in [-0.05, 0) is 18.4 Å². The lowest BCUT2D eigenvalue weighted by Crippen LogP contribution is -2.26. The molecular weight excluding hydrogens is 306 g/mol. The Balaban J connectivity index is 1.83. The molecule has 0 unspecified atom stereocenters. The molecule has 3 aromatic heterocycles. The number of pyridine rings is 1. The van der Waals surface area contributed by atoms with Gasteiger partial charge in [0.1, 0.15) is 16.9 Å². The van der Waals surface area contributed by atoms with E-state index in [0.717, 1.165) is 16.7 Å². The summed E-state index contributed by atoms with van der Waals surface area (Å²) in [6.45, 7) is 1.90. The molecule has 4 rings (SSSR count). The van der Waals surface area contributed by atoms with Gasteiger partial charge in [-0.3, -0.25) is 4.79 Å². The van der Waals surface area contributed by atoms with E-state index in [-0.39, 0.29) is 5.56 Å². The number of aromatic nitrogens is 5. The number of nitrogens with zero attached hydrogens (tertiary/aromatic N) is 4. The largest absolute Gasteiger partial charge is 0.619 e.